The molecule has 12 nitrogen and oxygen atoms in total. The van der Waals surface area contributed by atoms with Crippen LogP contribution in [0.15, 0.2) is 43.0 Å². The molecule has 4 rings (SSSR count). The first kappa shape index (κ1) is 40.6. The Balaban J connectivity index is 1.54. The van der Waals surface area contributed by atoms with E-state index in [2.05, 4.69) is 33.8 Å². The van der Waals surface area contributed by atoms with Crippen molar-refractivity contribution in [2.24, 2.45) is 22.7 Å². The average molecular weight is 738 g/mol. The number of sulfone groups is 1. The van der Waals surface area contributed by atoms with Gasteiger partial charge in [-0.3, -0.25) is 19.2 Å². The fourth-order valence-electron chi connectivity index (χ4n) is 8.03. The van der Waals surface area contributed by atoms with E-state index in [0.717, 1.165) is 19.3 Å². The first-order valence-corrected chi connectivity index (χ1v) is 20.0. The van der Waals surface area contributed by atoms with Gasteiger partial charge in [-0.1, -0.05) is 90.3 Å². The number of amides is 5. The van der Waals surface area contributed by atoms with E-state index in [1.165, 1.54) is 11.0 Å². The van der Waals surface area contributed by atoms with E-state index in [1.54, 1.807) is 24.3 Å². The van der Waals surface area contributed by atoms with Crippen molar-refractivity contribution in [1.29, 1.82) is 0 Å². The molecule has 4 N–H and O–H groups in total. The van der Waals surface area contributed by atoms with Crippen molar-refractivity contribution in [3.8, 4) is 12.3 Å². The van der Waals surface area contributed by atoms with E-state index in [4.69, 9.17) is 6.42 Å². The summed E-state index contributed by atoms with van der Waals surface area (Å²) in [6, 6.07) is 5.05. The van der Waals surface area contributed by atoms with Crippen LogP contribution in [0.2, 0.25) is 0 Å². The van der Waals surface area contributed by atoms with Gasteiger partial charge < -0.3 is 26.2 Å². The highest BCUT2D eigenvalue weighted by atomic mass is 32.2. The third-order valence-electron chi connectivity index (χ3n) is 10.9. The third-order valence-corrected chi connectivity index (χ3v) is 12.7. The van der Waals surface area contributed by atoms with Crippen molar-refractivity contribution in [1.82, 2.24) is 26.2 Å². The maximum Gasteiger partial charge on any atom is 0.315 e. The second-order valence-corrected chi connectivity index (χ2v) is 18.4. The maximum atomic E-state index is 14.5. The molecule has 0 aromatic heterocycles. The molecule has 3 fully saturated rings. The number of fused-ring (bicyclic) bond motifs is 1. The van der Waals surface area contributed by atoms with E-state index >= 15 is 0 Å². The fourth-order valence-corrected chi connectivity index (χ4v) is 10.0. The smallest absolute Gasteiger partial charge is 0.315 e. The number of hydrogen-bond acceptors (Lipinski definition) is 7. The van der Waals surface area contributed by atoms with Gasteiger partial charge in [-0.05, 0) is 47.5 Å². The summed E-state index contributed by atoms with van der Waals surface area (Å²) in [7, 11) is -3.61. The lowest BCUT2D eigenvalue weighted by Gasteiger charge is -2.40. The SMILES string of the molecule is C#CCCC(NC(=O)[C@@H]1C2[C@H](CN1C(=O)[C@@H](NC(=O)NC1(CS(=O)(=O)Cc3ccccc3)CCCCC1)C(C)(C)C)C2(C)C)C(=O)C(=O)NCC=C. The predicted molar refractivity (Wildman–Crippen MR) is 199 cm³/mol. The minimum absolute atomic E-state index is 0.0118. The number of urea groups is 1. The van der Waals surface area contributed by atoms with Crippen LogP contribution in [0.25, 0.3) is 0 Å². The molecule has 2 aliphatic carbocycles. The van der Waals surface area contributed by atoms with Crippen molar-refractivity contribution in [3.05, 3.63) is 48.6 Å². The molecular weight excluding hydrogens is 683 g/mol. The number of rotatable bonds is 15. The van der Waals surface area contributed by atoms with Crippen LogP contribution in [-0.2, 0) is 34.8 Å². The number of hydrogen-bond donors (Lipinski definition) is 4. The van der Waals surface area contributed by atoms with E-state index in [0.29, 0.717) is 18.4 Å². The highest BCUT2D eigenvalue weighted by molar-refractivity contribution is 7.90. The third kappa shape index (κ3) is 9.62. The molecule has 284 valence electrons. The van der Waals surface area contributed by atoms with Crippen molar-refractivity contribution in [2.75, 3.05) is 18.8 Å². The summed E-state index contributed by atoms with van der Waals surface area (Å²) >= 11 is 0. The lowest BCUT2D eigenvalue weighted by Crippen LogP contribution is -2.64. The Morgan fingerprint density at radius 1 is 1.06 bits per heavy atom. The summed E-state index contributed by atoms with van der Waals surface area (Å²) < 4.78 is 26.9. The maximum absolute atomic E-state index is 14.5. The van der Waals surface area contributed by atoms with E-state index in [1.807, 2.05) is 40.7 Å². The Kier molecular flexibility index (Phi) is 12.7. The second-order valence-electron chi connectivity index (χ2n) is 16.3. The van der Waals surface area contributed by atoms with Gasteiger partial charge in [0.15, 0.2) is 9.84 Å². The summed E-state index contributed by atoms with van der Waals surface area (Å²) in [5.41, 5.74) is -1.38. The van der Waals surface area contributed by atoms with Gasteiger partial charge in [0.25, 0.3) is 5.91 Å². The summed E-state index contributed by atoms with van der Waals surface area (Å²) in [4.78, 5) is 69.4. The molecule has 1 aromatic rings. The van der Waals surface area contributed by atoms with Crippen molar-refractivity contribution < 1.29 is 32.4 Å². The Hall–Kier alpha value is -4.18. The van der Waals surface area contributed by atoms with Crippen molar-refractivity contribution in [3.63, 3.8) is 0 Å². The van der Waals surface area contributed by atoms with Crippen LogP contribution < -0.4 is 21.3 Å². The number of piperidine rings is 1. The predicted octanol–water partition coefficient (Wildman–Crippen LogP) is 3.27. The minimum Gasteiger partial charge on any atom is -0.346 e. The van der Waals surface area contributed by atoms with Crippen LogP contribution in [0, 0.1) is 35.0 Å². The molecule has 52 heavy (non-hydrogen) atoms. The number of nitrogens with zero attached hydrogens (tertiary/aromatic N) is 1. The average Bonchev–Trinajstić information content (AvgIpc) is 3.37. The number of likely N-dealkylation sites (tertiary alicyclic amines) is 1. The van der Waals surface area contributed by atoms with Crippen LogP contribution in [-0.4, -0.2) is 85.4 Å². The van der Waals surface area contributed by atoms with Gasteiger partial charge >= 0.3 is 6.03 Å². The molecule has 2 saturated carbocycles. The zero-order valence-corrected chi connectivity index (χ0v) is 31.9. The van der Waals surface area contributed by atoms with Crippen LogP contribution >= 0.6 is 0 Å². The zero-order chi connectivity index (χ0) is 38.5. The molecule has 0 bridgehead atoms. The number of carbonyl (C=O) groups is 5. The number of benzene rings is 1. The van der Waals surface area contributed by atoms with Gasteiger partial charge in [-0.2, -0.15) is 0 Å². The van der Waals surface area contributed by atoms with Gasteiger partial charge in [0, 0.05) is 19.5 Å². The topological polar surface area (TPSA) is 171 Å². The zero-order valence-electron chi connectivity index (χ0n) is 31.1. The number of terminal acetylenes is 1. The number of ketones is 1. The van der Waals surface area contributed by atoms with Crippen molar-refractivity contribution in [2.45, 2.75) is 109 Å². The number of Topliss-reactive ketones (excluding diaryl/α,β-unsaturated/α-hetero) is 1. The van der Waals surface area contributed by atoms with E-state index in [9.17, 15) is 32.4 Å². The Labute approximate surface area is 308 Å². The molecule has 5 atom stereocenters. The molecule has 2 unspecified atom stereocenters. The van der Waals surface area contributed by atoms with E-state index < -0.39 is 68.5 Å². The van der Waals surface area contributed by atoms with Crippen molar-refractivity contribution >= 4 is 39.4 Å². The highest BCUT2D eigenvalue weighted by Gasteiger charge is 2.70. The lowest BCUT2D eigenvalue weighted by molar-refractivity contribution is -0.145. The molecule has 1 aromatic carbocycles. The Morgan fingerprint density at radius 2 is 1.71 bits per heavy atom. The Morgan fingerprint density at radius 3 is 2.31 bits per heavy atom. The first-order valence-electron chi connectivity index (χ1n) is 18.2. The summed E-state index contributed by atoms with van der Waals surface area (Å²) in [6.45, 7) is 13.4. The molecule has 1 aliphatic heterocycles. The van der Waals surface area contributed by atoms with Gasteiger partial charge in [-0.15, -0.1) is 18.9 Å². The highest BCUT2D eigenvalue weighted by Crippen LogP contribution is 2.65. The summed E-state index contributed by atoms with van der Waals surface area (Å²) in [6.07, 6.45) is 10.5. The molecule has 3 aliphatic rings. The fraction of sp³-hybridized carbons (Fsp3) is 0.615. The molecular formula is C39H55N5O7S. The summed E-state index contributed by atoms with van der Waals surface area (Å²) in [5, 5.41) is 11.0. The molecule has 1 saturated heterocycles. The molecule has 1 heterocycles. The van der Waals surface area contributed by atoms with Crippen LogP contribution in [0.4, 0.5) is 4.79 Å². The normalized spacial score (nSPS) is 22.8. The quantitative estimate of drug-likeness (QED) is 0.122. The number of nitrogens with one attached hydrogen (secondary N) is 4. The standard InChI is InChI=1S/C39H55N5O7S/c1-8-10-19-28(31(45)34(47)40-22-9-2)41-33(46)30-29-27(38(29,6)7)23-44(30)35(48)32(37(3,4)5)42-36(49)43-39(20-15-12-16-21-39)25-52(50,51)24-26-17-13-11-14-18-26/h1,9,11,13-14,17-18,27-30,32H,2,10,12,15-16,19-25H2,3-7H3,(H,40,47)(H,41,46)(H2,42,43,49)/t27-,28?,29?,30-,32+/m0/s1. The monoisotopic (exact) mass is 737 g/mol. The van der Waals surface area contributed by atoms with Gasteiger partial charge in [0.1, 0.15) is 12.1 Å². The van der Waals surface area contributed by atoms with Gasteiger partial charge in [-0.25, -0.2) is 13.2 Å². The first-order chi connectivity index (χ1) is 24.4. The van der Waals surface area contributed by atoms with Gasteiger partial charge in [0.2, 0.25) is 17.6 Å². The molecule has 0 radical (unpaired) electrons. The summed E-state index contributed by atoms with van der Waals surface area (Å²) in [5.74, 6) is -0.876. The van der Waals surface area contributed by atoms with Crippen LogP contribution in [0.3, 0.4) is 0 Å². The minimum atomic E-state index is -3.61. The van der Waals surface area contributed by atoms with Crippen LogP contribution in [0.1, 0.15) is 85.1 Å². The molecule has 5 amide bonds. The number of carbonyl (C=O) groups excluding carboxylic acids is 5. The Bertz CT molecular complexity index is 1670. The van der Waals surface area contributed by atoms with E-state index in [-0.39, 0.29) is 54.7 Å². The van der Waals surface area contributed by atoms with Gasteiger partial charge in [0.05, 0.1) is 23.1 Å². The molecule has 13 heteroatoms. The van der Waals surface area contributed by atoms with Crippen LogP contribution in [0.5, 0.6) is 0 Å². The molecule has 0 spiro atoms. The lowest BCUT2D eigenvalue weighted by atomic mass is 9.83. The second kappa shape index (κ2) is 16.2. The largest absolute Gasteiger partial charge is 0.346 e.